The highest BCUT2D eigenvalue weighted by atomic mass is 35.5. The topological polar surface area (TPSA) is 55.2 Å². The summed E-state index contributed by atoms with van der Waals surface area (Å²) >= 11 is 12.6. The highest BCUT2D eigenvalue weighted by Gasteiger charge is 2.41. The molecule has 24 heavy (non-hydrogen) atoms. The molecule has 1 N–H and O–H groups in total. The van der Waals surface area contributed by atoms with Crippen LogP contribution in [0.4, 0.5) is 11.4 Å². The Morgan fingerprint density at radius 2 is 1.88 bits per heavy atom. The maximum atomic E-state index is 11.4. The molecule has 0 aromatic heterocycles. The quantitative estimate of drug-likeness (QED) is 0.422. The number of nitrogens with zero attached hydrogens (tertiary/aromatic N) is 1. The van der Waals surface area contributed by atoms with Gasteiger partial charge < -0.3 is 5.32 Å². The van der Waals surface area contributed by atoms with Crippen LogP contribution >= 0.6 is 23.2 Å². The molecule has 3 atom stereocenters. The zero-order valence-electron chi connectivity index (χ0n) is 12.6. The molecule has 1 aliphatic heterocycles. The van der Waals surface area contributed by atoms with E-state index < -0.39 is 0 Å². The Labute approximate surface area is 149 Å². The third-order valence-electron chi connectivity index (χ3n) is 4.89. The fourth-order valence-corrected chi connectivity index (χ4v) is 4.25. The lowest BCUT2D eigenvalue weighted by atomic mass is 9.77. The number of anilines is 1. The molecule has 6 heteroatoms. The lowest BCUT2D eigenvalue weighted by Crippen LogP contribution is -2.29. The van der Waals surface area contributed by atoms with Crippen LogP contribution in [0.3, 0.4) is 0 Å². The Hall–Kier alpha value is -2.04. The summed E-state index contributed by atoms with van der Waals surface area (Å²) in [5, 5.41) is 15.8. The first kappa shape index (κ1) is 15.5. The number of para-hydroxylation sites is 1. The van der Waals surface area contributed by atoms with Gasteiger partial charge in [0, 0.05) is 12.0 Å². The zero-order valence-corrected chi connectivity index (χ0v) is 14.1. The van der Waals surface area contributed by atoms with Crippen LogP contribution in [-0.2, 0) is 0 Å². The van der Waals surface area contributed by atoms with Crippen LogP contribution in [0, 0.1) is 16.0 Å². The fraction of sp³-hybridized carbons (Fsp3) is 0.222. The highest BCUT2D eigenvalue weighted by Crippen LogP contribution is 2.53. The summed E-state index contributed by atoms with van der Waals surface area (Å²) in [6.07, 6.45) is 5.17. The van der Waals surface area contributed by atoms with Crippen molar-refractivity contribution in [3.8, 4) is 0 Å². The van der Waals surface area contributed by atoms with Gasteiger partial charge in [0.15, 0.2) is 0 Å². The highest BCUT2D eigenvalue weighted by molar-refractivity contribution is 6.42. The van der Waals surface area contributed by atoms with Crippen molar-refractivity contribution in [2.45, 2.75) is 18.4 Å². The van der Waals surface area contributed by atoms with Gasteiger partial charge in [0.2, 0.25) is 0 Å². The summed E-state index contributed by atoms with van der Waals surface area (Å²) in [4.78, 5) is 11.1. The van der Waals surface area contributed by atoms with Gasteiger partial charge in [-0.05, 0) is 29.5 Å². The van der Waals surface area contributed by atoms with E-state index in [0.29, 0.717) is 15.7 Å². The first-order chi connectivity index (χ1) is 11.6. The number of nitrogens with one attached hydrogen (secondary N) is 1. The van der Waals surface area contributed by atoms with E-state index in [0.717, 1.165) is 17.5 Å². The number of nitro benzene ring substituents is 1. The SMILES string of the molecule is O=[N+]([O-])c1cccc2c1N[C@H](c1cccc(Cl)c1Cl)[C@H]1CC=C[C@H]21. The average molecular weight is 361 g/mol. The molecule has 1 aliphatic carbocycles. The minimum atomic E-state index is -0.346. The van der Waals surface area contributed by atoms with Gasteiger partial charge in [0.05, 0.1) is 21.0 Å². The van der Waals surface area contributed by atoms with E-state index in [1.54, 1.807) is 12.1 Å². The molecule has 4 rings (SSSR count). The summed E-state index contributed by atoms with van der Waals surface area (Å²) in [5.74, 6) is 0.400. The van der Waals surface area contributed by atoms with E-state index >= 15 is 0 Å². The van der Waals surface area contributed by atoms with Crippen molar-refractivity contribution >= 4 is 34.6 Å². The molecule has 0 saturated heterocycles. The van der Waals surface area contributed by atoms with Gasteiger partial charge in [-0.25, -0.2) is 0 Å². The second kappa shape index (κ2) is 5.80. The van der Waals surface area contributed by atoms with Gasteiger partial charge >= 0.3 is 0 Å². The number of hydrogen-bond acceptors (Lipinski definition) is 3. The number of halogens is 2. The minimum absolute atomic E-state index is 0.0920. The summed E-state index contributed by atoms with van der Waals surface area (Å²) < 4.78 is 0. The van der Waals surface area contributed by atoms with E-state index in [4.69, 9.17) is 23.2 Å². The van der Waals surface area contributed by atoms with Crippen LogP contribution in [0.25, 0.3) is 0 Å². The smallest absolute Gasteiger partial charge is 0.292 e. The molecule has 0 spiro atoms. The number of hydrogen-bond donors (Lipinski definition) is 1. The fourth-order valence-electron chi connectivity index (χ4n) is 3.83. The van der Waals surface area contributed by atoms with E-state index in [-0.39, 0.29) is 28.5 Å². The third-order valence-corrected chi connectivity index (χ3v) is 5.72. The van der Waals surface area contributed by atoms with Crippen molar-refractivity contribution in [3.63, 3.8) is 0 Å². The standard InChI is InChI=1S/C18H14Cl2N2O2/c19-14-8-2-7-13(16(14)20)17-11-5-1-4-10(11)12-6-3-9-15(22(23)24)18(12)21-17/h1-4,6-11,17,21H,5H2/t10-,11-,17-/m0/s1. The molecule has 0 amide bonds. The molecule has 2 aromatic rings. The molecule has 2 aliphatic rings. The first-order valence-corrected chi connectivity index (χ1v) is 8.48. The normalized spacial score (nSPS) is 24.2. The molecule has 0 unspecified atom stereocenters. The van der Waals surface area contributed by atoms with Gasteiger partial charge in [-0.1, -0.05) is 59.6 Å². The predicted octanol–water partition coefficient (Wildman–Crippen LogP) is 5.73. The Bertz CT molecular complexity index is 866. The molecular formula is C18H14Cl2N2O2. The summed E-state index contributed by atoms with van der Waals surface area (Å²) in [5.41, 5.74) is 2.52. The van der Waals surface area contributed by atoms with Crippen LogP contribution in [0.1, 0.15) is 29.5 Å². The Balaban J connectivity index is 1.88. The molecular weight excluding hydrogens is 347 g/mol. The van der Waals surface area contributed by atoms with Crippen molar-refractivity contribution in [1.82, 2.24) is 0 Å². The van der Waals surface area contributed by atoms with Gasteiger partial charge in [0.25, 0.3) is 5.69 Å². The van der Waals surface area contributed by atoms with E-state index in [1.165, 1.54) is 6.07 Å². The molecule has 0 radical (unpaired) electrons. The van der Waals surface area contributed by atoms with Crippen molar-refractivity contribution in [2.75, 3.05) is 5.32 Å². The third kappa shape index (κ3) is 2.29. The van der Waals surface area contributed by atoms with Crippen molar-refractivity contribution in [1.29, 1.82) is 0 Å². The summed E-state index contributed by atoms with van der Waals surface area (Å²) in [7, 11) is 0. The lowest BCUT2D eigenvalue weighted by Gasteiger charge is -2.37. The molecule has 4 nitrogen and oxygen atoms in total. The molecule has 0 fully saturated rings. The molecule has 0 saturated carbocycles. The number of allylic oxidation sites excluding steroid dienone is 2. The maximum Gasteiger partial charge on any atom is 0.292 e. The second-order valence-corrected chi connectivity index (χ2v) is 6.90. The zero-order chi connectivity index (χ0) is 16.8. The summed E-state index contributed by atoms with van der Waals surface area (Å²) in [6.45, 7) is 0. The van der Waals surface area contributed by atoms with Crippen LogP contribution in [0.5, 0.6) is 0 Å². The largest absolute Gasteiger partial charge is 0.372 e. The monoisotopic (exact) mass is 360 g/mol. The average Bonchev–Trinajstić information content (AvgIpc) is 3.06. The van der Waals surface area contributed by atoms with E-state index in [9.17, 15) is 10.1 Å². The Morgan fingerprint density at radius 1 is 1.12 bits per heavy atom. The number of benzene rings is 2. The second-order valence-electron chi connectivity index (χ2n) is 6.12. The van der Waals surface area contributed by atoms with Gasteiger partial charge in [-0.2, -0.15) is 0 Å². The van der Waals surface area contributed by atoms with Crippen LogP contribution < -0.4 is 5.32 Å². The van der Waals surface area contributed by atoms with Crippen LogP contribution in [-0.4, -0.2) is 4.92 Å². The molecule has 122 valence electrons. The number of fused-ring (bicyclic) bond motifs is 3. The van der Waals surface area contributed by atoms with Crippen molar-refractivity contribution < 1.29 is 4.92 Å². The van der Waals surface area contributed by atoms with Crippen LogP contribution in [0.2, 0.25) is 10.0 Å². The molecule has 0 bridgehead atoms. The van der Waals surface area contributed by atoms with Gasteiger partial charge in [0.1, 0.15) is 5.69 Å². The van der Waals surface area contributed by atoms with Gasteiger partial charge in [-0.15, -0.1) is 0 Å². The Kier molecular flexibility index (Phi) is 3.74. The molecule has 1 heterocycles. The Morgan fingerprint density at radius 3 is 2.67 bits per heavy atom. The van der Waals surface area contributed by atoms with Crippen LogP contribution in [0.15, 0.2) is 48.6 Å². The number of nitro groups is 1. The minimum Gasteiger partial charge on any atom is -0.372 e. The summed E-state index contributed by atoms with van der Waals surface area (Å²) in [6, 6.07) is 10.6. The van der Waals surface area contributed by atoms with Crippen molar-refractivity contribution in [3.05, 3.63) is 79.8 Å². The maximum absolute atomic E-state index is 11.4. The predicted molar refractivity (Wildman–Crippen MR) is 95.9 cm³/mol. The number of rotatable bonds is 2. The molecule has 2 aromatic carbocycles. The first-order valence-electron chi connectivity index (χ1n) is 7.72. The van der Waals surface area contributed by atoms with E-state index in [2.05, 4.69) is 17.5 Å². The van der Waals surface area contributed by atoms with Crippen molar-refractivity contribution in [2.24, 2.45) is 5.92 Å². The lowest BCUT2D eigenvalue weighted by molar-refractivity contribution is -0.384. The van der Waals surface area contributed by atoms with E-state index in [1.807, 2.05) is 18.2 Å². The van der Waals surface area contributed by atoms with Gasteiger partial charge in [-0.3, -0.25) is 10.1 Å².